The van der Waals surface area contributed by atoms with Crippen molar-refractivity contribution in [3.63, 3.8) is 0 Å². The van der Waals surface area contributed by atoms with Crippen molar-refractivity contribution in [3.05, 3.63) is 59.7 Å². The first-order valence-corrected chi connectivity index (χ1v) is 9.09. The molecule has 0 aliphatic heterocycles. The molecule has 0 aliphatic rings. The molecule has 0 bridgehead atoms. The summed E-state index contributed by atoms with van der Waals surface area (Å²) in [7, 11) is 0. The van der Waals surface area contributed by atoms with Crippen LogP contribution in [0.25, 0.3) is 0 Å². The highest BCUT2D eigenvalue weighted by molar-refractivity contribution is 5.96. The minimum Gasteiger partial charge on any atom is -0.494 e. The molecule has 0 saturated carbocycles. The van der Waals surface area contributed by atoms with Crippen LogP contribution in [0.4, 0.5) is 10.5 Å². The monoisotopic (exact) mass is 369 g/mol. The molecular weight excluding hydrogens is 342 g/mol. The summed E-state index contributed by atoms with van der Waals surface area (Å²) in [4.78, 5) is 24.0. The number of benzene rings is 2. The summed E-state index contributed by atoms with van der Waals surface area (Å²) in [6, 6.07) is 14.5. The second-order valence-electron chi connectivity index (χ2n) is 6.61. The SMILES string of the molecule is Cc1cccc(OCCCNC(=O)c2cccc(NC(=O)NC(C)C)c2)c1. The molecule has 0 unspecified atom stereocenters. The predicted molar refractivity (Wildman–Crippen MR) is 107 cm³/mol. The fraction of sp³-hybridized carbons (Fsp3) is 0.333. The molecule has 0 aromatic heterocycles. The number of amides is 3. The number of ether oxygens (including phenoxy) is 1. The molecular formula is C21H27N3O3. The fourth-order valence-electron chi connectivity index (χ4n) is 2.44. The van der Waals surface area contributed by atoms with Gasteiger partial charge in [-0.05, 0) is 63.1 Å². The third-order valence-corrected chi connectivity index (χ3v) is 3.67. The summed E-state index contributed by atoms with van der Waals surface area (Å²) >= 11 is 0. The molecule has 2 rings (SSSR count). The first kappa shape index (κ1) is 20.3. The Balaban J connectivity index is 1.75. The van der Waals surface area contributed by atoms with E-state index >= 15 is 0 Å². The molecule has 0 saturated heterocycles. The van der Waals surface area contributed by atoms with Crippen LogP contribution in [0.15, 0.2) is 48.5 Å². The average Bonchev–Trinajstić information content (AvgIpc) is 2.61. The first-order chi connectivity index (χ1) is 12.9. The van der Waals surface area contributed by atoms with E-state index < -0.39 is 0 Å². The van der Waals surface area contributed by atoms with Gasteiger partial charge in [-0.3, -0.25) is 4.79 Å². The van der Waals surface area contributed by atoms with Crippen molar-refractivity contribution in [2.45, 2.75) is 33.2 Å². The van der Waals surface area contributed by atoms with E-state index in [9.17, 15) is 9.59 Å². The third kappa shape index (κ3) is 7.40. The van der Waals surface area contributed by atoms with E-state index in [0.29, 0.717) is 30.8 Å². The normalized spacial score (nSPS) is 10.4. The zero-order valence-electron chi connectivity index (χ0n) is 16.0. The largest absolute Gasteiger partial charge is 0.494 e. The van der Waals surface area contributed by atoms with Crippen LogP contribution >= 0.6 is 0 Å². The second-order valence-corrected chi connectivity index (χ2v) is 6.61. The molecule has 0 radical (unpaired) electrons. The van der Waals surface area contributed by atoms with E-state index in [4.69, 9.17) is 4.74 Å². The molecule has 2 aromatic carbocycles. The fourth-order valence-corrected chi connectivity index (χ4v) is 2.44. The van der Waals surface area contributed by atoms with Crippen molar-refractivity contribution in [1.29, 1.82) is 0 Å². The number of aryl methyl sites for hydroxylation is 1. The minimum atomic E-state index is -0.296. The van der Waals surface area contributed by atoms with Gasteiger partial charge >= 0.3 is 6.03 Å². The summed E-state index contributed by atoms with van der Waals surface area (Å²) in [5, 5.41) is 8.32. The Morgan fingerprint density at radius 2 is 1.85 bits per heavy atom. The van der Waals surface area contributed by atoms with Gasteiger partial charge < -0.3 is 20.7 Å². The van der Waals surface area contributed by atoms with Crippen LogP contribution in [0, 0.1) is 6.92 Å². The average molecular weight is 369 g/mol. The van der Waals surface area contributed by atoms with E-state index in [1.165, 1.54) is 0 Å². The Bertz CT molecular complexity index is 775. The highest BCUT2D eigenvalue weighted by Gasteiger charge is 2.08. The minimum absolute atomic E-state index is 0.0403. The second kappa shape index (κ2) is 10.2. The zero-order chi connectivity index (χ0) is 19.6. The Kier molecular flexibility index (Phi) is 7.67. The topological polar surface area (TPSA) is 79.5 Å². The number of anilines is 1. The molecule has 6 heteroatoms. The summed E-state index contributed by atoms with van der Waals surface area (Å²) in [5.41, 5.74) is 2.22. The van der Waals surface area contributed by atoms with E-state index in [1.54, 1.807) is 24.3 Å². The number of hydrogen-bond donors (Lipinski definition) is 3. The molecule has 0 heterocycles. The Morgan fingerprint density at radius 3 is 2.59 bits per heavy atom. The summed E-state index contributed by atoms with van der Waals surface area (Å²) in [6.07, 6.45) is 0.703. The maximum atomic E-state index is 12.3. The van der Waals surface area contributed by atoms with Gasteiger partial charge in [-0.15, -0.1) is 0 Å². The number of nitrogens with one attached hydrogen (secondary N) is 3. The van der Waals surface area contributed by atoms with E-state index in [-0.39, 0.29) is 18.0 Å². The number of rotatable bonds is 8. The summed E-state index contributed by atoms with van der Waals surface area (Å²) in [5.74, 6) is 0.651. The lowest BCUT2D eigenvalue weighted by Crippen LogP contribution is -2.34. The molecule has 27 heavy (non-hydrogen) atoms. The number of urea groups is 1. The van der Waals surface area contributed by atoms with Gasteiger partial charge in [0.1, 0.15) is 5.75 Å². The molecule has 3 N–H and O–H groups in total. The quantitative estimate of drug-likeness (QED) is 0.621. The summed E-state index contributed by atoms with van der Waals surface area (Å²) < 4.78 is 5.66. The highest BCUT2D eigenvalue weighted by Crippen LogP contribution is 2.13. The molecule has 144 valence electrons. The molecule has 0 aliphatic carbocycles. The third-order valence-electron chi connectivity index (χ3n) is 3.67. The number of hydrogen-bond acceptors (Lipinski definition) is 3. The molecule has 0 fully saturated rings. The summed E-state index contributed by atoms with van der Waals surface area (Å²) in [6.45, 7) is 6.82. The van der Waals surface area contributed by atoms with Crippen molar-refractivity contribution >= 4 is 17.6 Å². The van der Waals surface area contributed by atoms with Crippen LogP contribution in [0.5, 0.6) is 5.75 Å². The first-order valence-electron chi connectivity index (χ1n) is 9.09. The molecule has 0 spiro atoms. The molecule has 3 amide bonds. The van der Waals surface area contributed by atoms with Crippen LogP contribution in [0.2, 0.25) is 0 Å². The van der Waals surface area contributed by atoms with Gasteiger partial charge in [-0.2, -0.15) is 0 Å². The van der Waals surface area contributed by atoms with E-state index in [0.717, 1.165) is 11.3 Å². The number of carbonyl (C=O) groups excluding carboxylic acids is 2. The van der Waals surface area contributed by atoms with E-state index in [2.05, 4.69) is 16.0 Å². The zero-order valence-corrected chi connectivity index (χ0v) is 16.0. The lowest BCUT2D eigenvalue weighted by Gasteiger charge is -2.11. The van der Waals surface area contributed by atoms with Gasteiger partial charge in [0.05, 0.1) is 6.61 Å². The maximum Gasteiger partial charge on any atom is 0.319 e. The van der Waals surface area contributed by atoms with Crippen LogP contribution in [0.3, 0.4) is 0 Å². The van der Waals surface area contributed by atoms with E-state index in [1.807, 2.05) is 45.0 Å². The molecule has 2 aromatic rings. The standard InChI is InChI=1S/C21H27N3O3/c1-15(2)23-21(26)24-18-9-5-8-17(14-18)20(25)22-11-6-12-27-19-10-4-7-16(3)13-19/h4-5,7-10,13-15H,6,11-12H2,1-3H3,(H,22,25)(H2,23,24,26). The van der Waals surface area contributed by atoms with Crippen molar-refractivity contribution in [2.75, 3.05) is 18.5 Å². The van der Waals surface area contributed by atoms with Gasteiger partial charge in [0.15, 0.2) is 0 Å². The Morgan fingerprint density at radius 1 is 1.07 bits per heavy atom. The van der Waals surface area contributed by atoms with Gasteiger partial charge in [0.25, 0.3) is 5.91 Å². The van der Waals surface area contributed by atoms with Gasteiger partial charge in [0.2, 0.25) is 0 Å². The van der Waals surface area contributed by atoms with Crippen LogP contribution < -0.4 is 20.7 Å². The van der Waals surface area contributed by atoms with Gasteiger partial charge in [-0.25, -0.2) is 4.79 Å². The van der Waals surface area contributed by atoms with Crippen molar-refractivity contribution in [3.8, 4) is 5.75 Å². The van der Waals surface area contributed by atoms with Crippen LogP contribution in [-0.4, -0.2) is 31.1 Å². The number of carbonyl (C=O) groups is 2. The van der Waals surface area contributed by atoms with Crippen LogP contribution in [0.1, 0.15) is 36.2 Å². The predicted octanol–water partition coefficient (Wildman–Crippen LogP) is 3.72. The Hall–Kier alpha value is -3.02. The Labute approximate surface area is 160 Å². The van der Waals surface area contributed by atoms with Crippen molar-refractivity contribution in [2.24, 2.45) is 0 Å². The van der Waals surface area contributed by atoms with Crippen molar-refractivity contribution < 1.29 is 14.3 Å². The lowest BCUT2D eigenvalue weighted by atomic mass is 10.2. The van der Waals surface area contributed by atoms with Gasteiger partial charge in [0, 0.05) is 23.8 Å². The van der Waals surface area contributed by atoms with Gasteiger partial charge in [-0.1, -0.05) is 18.2 Å². The molecule has 6 nitrogen and oxygen atoms in total. The van der Waals surface area contributed by atoms with Crippen LogP contribution in [-0.2, 0) is 0 Å². The van der Waals surface area contributed by atoms with Crippen molar-refractivity contribution in [1.82, 2.24) is 10.6 Å². The smallest absolute Gasteiger partial charge is 0.319 e. The molecule has 0 atom stereocenters. The maximum absolute atomic E-state index is 12.3. The highest BCUT2D eigenvalue weighted by atomic mass is 16.5. The lowest BCUT2D eigenvalue weighted by molar-refractivity contribution is 0.0951.